The van der Waals surface area contributed by atoms with Crippen LogP contribution in [0.15, 0.2) is 36.7 Å². The van der Waals surface area contributed by atoms with Gasteiger partial charge < -0.3 is 15.5 Å². The fourth-order valence-electron chi connectivity index (χ4n) is 3.50. The summed E-state index contributed by atoms with van der Waals surface area (Å²) in [6.07, 6.45) is 6.96. The van der Waals surface area contributed by atoms with Gasteiger partial charge in [0, 0.05) is 50.2 Å². The first-order valence-corrected chi connectivity index (χ1v) is 10.0. The molecule has 0 aliphatic carbocycles. The molecule has 1 saturated heterocycles. The Morgan fingerprint density at radius 2 is 1.79 bits per heavy atom. The third-order valence-corrected chi connectivity index (χ3v) is 4.95. The molecule has 0 saturated carbocycles. The number of nitrogens with one attached hydrogen (secondary N) is 2. The van der Waals surface area contributed by atoms with E-state index in [0.29, 0.717) is 24.2 Å². The normalized spacial score (nSPS) is 14.0. The van der Waals surface area contributed by atoms with E-state index < -0.39 is 0 Å². The third-order valence-electron chi connectivity index (χ3n) is 4.95. The molecule has 29 heavy (non-hydrogen) atoms. The number of fused-ring (bicyclic) bond motifs is 1. The first-order valence-electron chi connectivity index (χ1n) is 10.0. The molecule has 8 nitrogen and oxygen atoms in total. The van der Waals surface area contributed by atoms with Crippen LogP contribution in [0.3, 0.4) is 0 Å². The second-order valence-electron chi connectivity index (χ2n) is 7.15. The molecule has 0 spiro atoms. The summed E-state index contributed by atoms with van der Waals surface area (Å²) in [6, 6.07) is 7.31. The highest BCUT2D eigenvalue weighted by atomic mass is 16.1. The van der Waals surface area contributed by atoms with E-state index in [1.807, 2.05) is 13.0 Å². The van der Waals surface area contributed by atoms with Gasteiger partial charge in [0.2, 0.25) is 0 Å². The number of aromatic nitrogens is 4. The number of hydrogen-bond donors (Lipinski definition) is 2. The molecule has 3 heterocycles. The van der Waals surface area contributed by atoms with Crippen LogP contribution in [0.25, 0.3) is 11.0 Å². The molecule has 4 rings (SSSR count). The lowest BCUT2D eigenvalue weighted by Gasteiger charge is -2.28. The van der Waals surface area contributed by atoms with Gasteiger partial charge in [-0.25, -0.2) is 9.97 Å². The number of anilines is 2. The van der Waals surface area contributed by atoms with E-state index in [9.17, 15) is 4.79 Å². The molecule has 1 aliphatic heterocycles. The van der Waals surface area contributed by atoms with Crippen LogP contribution in [0.4, 0.5) is 11.6 Å². The number of aryl methyl sites for hydroxylation is 1. The Morgan fingerprint density at radius 1 is 1.00 bits per heavy atom. The van der Waals surface area contributed by atoms with Gasteiger partial charge >= 0.3 is 0 Å². The molecule has 0 unspecified atom stereocenters. The van der Waals surface area contributed by atoms with Crippen molar-refractivity contribution in [2.24, 2.45) is 0 Å². The van der Waals surface area contributed by atoms with Crippen molar-refractivity contribution < 1.29 is 4.79 Å². The number of benzene rings is 1. The highest BCUT2D eigenvalue weighted by Crippen LogP contribution is 2.20. The van der Waals surface area contributed by atoms with Crippen molar-refractivity contribution in [1.29, 1.82) is 0 Å². The van der Waals surface area contributed by atoms with Gasteiger partial charge in [-0.15, -0.1) is 0 Å². The van der Waals surface area contributed by atoms with Crippen LogP contribution in [0.1, 0.15) is 35.4 Å². The zero-order valence-corrected chi connectivity index (χ0v) is 16.6. The van der Waals surface area contributed by atoms with Gasteiger partial charge in [-0.05, 0) is 44.4 Å². The highest BCUT2D eigenvalue weighted by Gasteiger charge is 2.14. The number of rotatable bonds is 6. The molecular weight excluding hydrogens is 366 g/mol. The molecule has 2 N–H and O–H groups in total. The summed E-state index contributed by atoms with van der Waals surface area (Å²) in [5.74, 6) is 2.37. The van der Waals surface area contributed by atoms with Crippen LogP contribution in [0.5, 0.6) is 0 Å². The summed E-state index contributed by atoms with van der Waals surface area (Å²) in [4.78, 5) is 32.2. The average molecular weight is 391 g/mol. The summed E-state index contributed by atoms with van der Waals surface area (Å²) < 4.78 is 0. The Bertz CT molecular complexity index is 1000. The van der Waals surface area contributed by atoms with E-state index in [4.69, 9.17) is 0 Å². The lowest BCUT2D eigenvalue weighted by molar-refractivity contribution is 0.0955. The fourth-order valence-corrected chi connectivity index (χ4v) is 3.50. The Kier molecular flexibility index (Phi) is 5.79. The zero-order chi connectivity index (χ0) is 20.1. The van der Waals surface area contributed by atoms with Gasteiger partial charge in [-0.3, -0.25) is 14.8 Å². The van der Waals surface area contributed by atoms with Crippen molar-refractivity contribution in [3.63, 3.8) is 0 Å². The summed E-state index contributed by atoms with van der Waals surface area (Å²) >= 11 is 0. The van der Waals surface area contributed by atoms with E-state index in [1.54, 1.807) is 30.6 Å². The predicted molar refractivity (Wildman–Crippen MR) is 113 cm³/mol. The van der Waals surface area contributed by atoms with Gasteiger partial charge in [0.05, 0.1) is 11.0 Å². The lowest BCUT2D eigenvalue weighted by Crippen LogP contribution is -2.31. The molecule has 1 aliphatic rings. The van der Waals surface area contributed by atoms with Crippen LogP contribution < -0.4 is 15.5 Å². The first kappa shape index (κ1) is 19.0. The minimum atomic E-state index is -0.132. The van der Waals surface area contributed by atoms with Gasteiger partial charge in [-0.2, -0.15) is 0 Å². The minimum absolute atomic E-state index is 0.132. The molecule has 150 valence electrons. The summed E-state index contributed by atoms with van der Waals surface area (Å²) in [5, 5.41) is 6.21. The maximum Gasteiger partial charge on any atom is 0.251 e. The third kappa shape index (κ3) is 4.77. The zero-order valence-electron chi connectivity index (χ0n) is 16.6. The number of piperidine rings is 1. The quantitative estimate of drug-likeness (QED) is 0.624. The van der Waals surface area contributed by atoms with Crippen molar-refractivity contribution in [2.75, 3.05) is 36.4 Å². The first-order chi connectivity index (χ1) is 14.2. The molecule has 1 amide bonds. The molecule has 1 aromatic carbocycles. The van der Waals surface area contributed by atoms with Crippen molar-refractivity contribution in [1.82, 2.24) is 25.3 Å². The highest BCUT2D eigenvalue weighted by molar-refractivity contribution is 5.97. The monoisotopic (exact) mass is 391 g/mol. The SMILES string of the molecule is Cc1nc(NCCNC(=O)c2ccc3nccnc3c2)cc(N2CCCCC2)n1. The number of amides is 1. The van der Waals surface area contributed by atoms with Crippen molar-refractivity contribution in [3.05, 3.63) is 48.0 Å². The van der Waals surface area contributed by atoms with Crippen LogP contribution in [-0.2, 0) is 0 Å². The Morgan fingerprint density at radius 3 is 2.62 bits per heavy atom. The van der Waals surface area contributed by atoms with E-state index in [-0.39, 0.29) is 5.91 Å². The molecule has 0 atom stereocenters. The summed E-state index contributed by atoms with van der Waals surface area (Å²) in [6.45, 7) is 5.06. The maximum atomic E-state index is 12.4. The largest absolute Gasteiger partial charge is 0.368 e. The Hall–Kier alpha value is -3.29. The van der Waals surface area contributed by atoms with Gasteiger partial charge in [0.15, 0.2) is 0 Å². The fraction of sp³-hybridized carbons (Fsp3) is 0.381. The van der Waals surface area contributed by atoms with Crippen LogP contribution in [0.2, 0.25) is 0 Å². The van der Waals surface area contributed by atoms with Crippen molar-refractivity contribution in [2.45, 2.75) is 26.2 Å². The second-order valence-corrected chi connectivity index (χ2v) is 7.15. The molecule has 2 aromatic heterocycles. The average Bonchev–Trinajstić information content (AvgIpc) is 2.76. The smallest absolute Gasteiger partial charge is 0.251 e. The number of hydrogen-bond acceptors (Lipinski definition) is 7. The van der Waals surface area contributed by atoms with Crippen LogP contribution in [-0.4, -0.2) is 52.0 Å². The predicted octanol–water partition coefficient (Wildman–Crippen LogP) is 2.56. The van der Waals surface area contributed by atoms with E-state index in [2.05, 4.69) is 35.5 Å². The number of carbonyl (C=O) groups excluding carboxylic acids is 1. The topological polar surface area (TPSA) is 95.9 Å². The maximum absolute atomic E-state index is 12.4. The number of nitrogens with zero attached hydrogens (tertiary/aromatic N) is 5. The molecular formula is C21H25N7O. The second kappa shape index (κ2) is 8.81. The van der Waals surface area contributed by atoms with Crippen LogP contribution in [0, 0.1) is 6.92 Å². The molecule has 3 aromatic rings. The van der Waals surface area contributed by atoms with E-state index in [0.717, 1.165) is 36.1 Å². The van der Waals surface area contributed by atoms with Crippen LogP contribution >= 0.6 is 0 Å². The van der Waals surface area contributed by atoms with Crippen molar-refractivity contribution >= 4 is 28.6 Å². The molecule has 0 bridgehead atoms. The van der Waals surface area contributed by atoms with Crippen molar-refractivity contribution in [3.8, 4) is 0 Å². The summed E-state index contributed by atoms with van der Waals surface area (Å²) in [5.41, 5.74) is 2.05. The molecule has 8 heteroatoms. The Labute approximate surface area is 169 Å². The van der Waals surface area contributed by atoms with Gasteiger partial charge in [0.1, 0.15) is 17.5 Å². The van der Waals surface area contributed by atoms with E-state index >= 15 is 0 Å². The van der Waals surface area contributed by atoms with E-state index in [1.165, 1.54) is 19.3 Å². The lowest BCUT2D eigenvalue weighted by atomic mass is 10.1. The number of carbonyl (C=O) groups is 1. The van der Waals surface area contributed by atoms with Gasteiger partial charge in [0.25, 0.3) is 5.91 Å². The molecule has 0 radical (unpaired) electrons. The standard InChI is InChI=1S/C21H25N7O/c1-15-26-19(14-20(27-15)28-11-3-2-4-12-28)24-9-10-25-21(29)16-5-6-17-18(13-16)23-8-7-22-17/h5-8,13-14H,2-4,9-12H2,1H3,(H,25,29)(H,24,26,27). The minimum Gasteiger partial charge on any atom is -0.368 e. The summed E-state index contributed by atoms with van der Waals surface area (Å²) in [7, 11) is 0. The Balaban J connectivity index is 1.31. The molecule has 1 fully saturated rings. The van der Waals surface area contributed by atoms with Gasteiger partial charge in [-0.1, -0.05) is 0 Å².